The van der Waals surface area contributed by atoms with Gasteiger partial charge in [-0.2, -0.15) is 0 Å². The van der Waals surface area contributed by atoms with Crippen LogP contribution in [0.3, 0.4) is 0 Å². The van der Waals surface area contributed by atoms with Crippen molar-refractivity contribution < 1.29 is 24.2 Å². The van der Waals surface area contributed by atoms with Crippen LogP contribution in [0.4, 0.5) is 0 Å². The number of benzene rings is 1. The molecule has 0 radical (unpaired) electrons. The molecule has 1 aromatic rings. The van der Waals surface area contributed by atoms with Gasteiger partial charge in [-0.15, -0.1) is 0 Å². The zero-order chi connectivity index (χ0) is 16.3. The van der Waals surface area contributed by atoms with Gasteiger partial charge in [0.2, 0.25) is 0 Å². The second-order valence-electron chi connectivity index (χ2n) is 4.36. The van der Waals surface area contributed by atoms with E-state index in [9.17, 15) is 9.59 Å². The highest BCUT2D eigenvalue weighted by molar-refractivity contribution is 5.69. The minimum atomic E-state index is -0.671. The number of carboxylic acids is 1. The third-order valence-electron chi connectivity index (χ3n) is 3.15. The van der Waals surface area contributed by atoms with Gasteiger partial charge in [-0.3, -0.25) is 4.79 Å². The van der Waals surface area contributed by atoms with E-state index in [1.807, 2.05) is 19.9 Å². The highest BCUT2D eigenvalue weighted by Crippen LogP contribution is 2.27. The van der Waals surface area contributed by atoms with E-state index in [-0.39, 0.29) is 5.92 Å². The summed E-state index contributed by atoms with van der Waals surface area (Å²) in [4.78, 5) is 20.6. The van der Waals surface area contributed by atoms with Crippen LogP contribution in [0, 0.1) is 5.92 Å². The summed E-state index contributed by atoms with van der Waals surface area (Å²) in [5.74, 6) is 0.572. The Bertz CT molecular complexity index is 416. The molecule has 1 aromatic carbocycles. The van der Waals surface area contributed by atoms with E-state index in [0.29, 0.717) is 17.9 Å². The van der Waals surface area contributed by atoms with Crippen molar-refractivity contribution in [2.45, 2.75) is 33.1 Å². The normalized spacial score (nSPS) is 9.57. The number of carbonyl (C=O) groups is 2. The van der Waals surface area contributed by atoms with E-state index < -0.39 is 5.97 Å². The van der Waals surface area contributed by atoms with Crippen LogP contribution < -0.4 is 9.47 Å². The number of carboxylic acid groups (broad SMARTS) is 1. The quantitative estimate of drug-likeness (QED) is 0.783. The first kappa shape index (κ1) is 19.0. The van der Waals surface area contributed by atoms with Gasteiger partial charge in [0.15, 0.2) is 0 Å². The lowest BCUT2D eigenvalue weighted by molar-refractivity contribution is -0.141. The van der Waals surface area contributed by atoms with Gasteiger partial charge in [0.05, 0.1) is 20.1 Å². The lowest BCUT2D eigenvalue weighted by atomic mass is 10.1. The molecule has 0 aromatic heterocycles. The molecule has 0 atom stereocenters. The van der Waals surface area contributed by atoms with Gasteiger partial charge in [0.25, 0.3) is 0 Å². The van der Waals surface area contributed by atoms with E-state index in [1.54, 1.807) is 26.4 Å². The Morgan fingerprint density at radius 3 is 1.90 bits per heavy atom. The molecule has 21 heavy (non-hydrogen) atoms. The summed E-state index contributed by atoms with van der Waals surface area (Å²) in [5.41, 5.74) is 0.794. The highest BCUT2D eigenvalue weighted by Gasteiger charge is 2.10. The first-order valence-corrected chi connectivity index (χ1v) is 6.91. The molecule has 0 bridgehead atoms. The summed E-state index contributed by atoms with van der Waals surface area (Å²) in [6, 6.07) is 5.44. The first-order chi connectivity index (χ1) is 10.0. The molecular formula is C16H24O5. The van der Waals surface area contributed by atoms with Crippen molar-refractivity contribution in [3.8, 4) is 11.5 Å². The zero-order valence-electron chi connectivity index (χ0n) is 13.1. The average molecular weight is 296 g/mol. The van der Waals surface area contributed by atoms with Crippen LogP contribution in [-0.4, -0.2) is 31.6 Å². The molecule has 0 saturated carbocycles. The molecule has 5 heteroatoms. The molecule has 1 rings (SSSR count). The number of ether oxygens (including phenoxy) is 2. The summed E-state index contributed by atoms with van der Waals surface area (Å²) < 4.78 is 10.2. The van der Waals surface area contributed by atoms with E-state index in [4.69, 9.17) is 14.6 Å². The van der Waals surface area contributed by atoms with Crippen LogP contribution in [0.5, 0.6) is 11.5 Å². The predicted molar refractivity (Wildman–Crippen MR) is 81.0 cm³/mol. The van der Waals surface area contributed by atoms with Gasteiger partial charge < -0.3 is 19.4 Å². The fraction of sp³-hybridized carbons (Fsp3) is 0.500. The van der Waals surface area contributed by atoms with Crippen molar-refractivity contribution in [2.75, 3.05) is 14.2 Å². The summed E-state index contributed by atoms with van der Waals surface area (Å²) in [5, 5.41) is 8.37. The Balaban J connectivity index is 0.000000433. The van der Waals surface area contributed by atoms with Crippen LogP contribution in [0.15, 0.2) is 18.2 Å². The van der Waals surface area contributed by atoms with Crippen molar-refractivity contribution >= 4 is 12.3 Å². The number of aldehydes is 1. The molecule has 0 heterocycles. The van der Waals surface area contributed by atoms with Gasteiger partial charge >= 0.3 is 5.97 Å². The fourth-order valence-electron chi connectivity index (χ4n) is 1.85. The molecule has 0 saturated heterocycles. The molecule has 0 fully saturated rings. The number of aliphatic carboxylic acids is 1. The monoisotopic (exact) mass is 296 g/mol. The SMILES string of the molecule is CCC(CC)C(=O)O.COc1cccc(OC)c1CC=O. The van der Waals surface area contributed by atoms with Crippen molar-refractivity contribution in [2.24, 2.45) is 5.92 Å². The summed E-state index contributed by atoms with van der Waals surface area (Å²) in [7, 11) is 3.14. The van der Waals surface area contributed by atoms with E-state index in [2.05, 4.69) is 0 Å². The minimum Gasteiger partial charge on any atom is -0.496 e. The Hall–Kier alpha value is -2.04. The summed E-state index contributed by atoms with van der Waals surface area (Å²) in [6.07, 6.45) is 2.63. The minimum absolute atomic E-state index is 0.130. The smallest absolute Gasteiger partial charge is 0.306 e. The molecule has 0 amide bonds. The van der Waals surface area contributed by atoms with Gasteiger partial charge in [0, 0.05) is 12.0 Å². The number of methoxy groups -OCH3 is 2. The van der Waals surface area contributed by atoms with Crippen LogP contribution >= 0.6 is 0 Å². The molecule has 0 aliphatic rings. The van der Waals surface area contributed by atoms with Crippen LogP contribution in [0.1, 0.15) is 32.3 Å². The predicted octanol–water partition coefficient (Wildman–Crippen LogP) is 2.95. The summed E-state index contributed by atoms with van der Waals surface area (Å²) >= 11 is 0. The maximum atomic E-state index is 10.4. The Kier molecular flexibility index (Phi) is 9.67. The van der Waals surface area contributed by atoms with Crippen molar-refractivity contribution in [1.82, 2.24) is 0 Å². The molecule has 118 valence electrons. The van der Waals surface area contributed by atoms with E-state index in [1.165, 1.54) is 0 Å². The van der Waals surface area contributed by atoms with Crippen molar-refractivity contribution in [3.05, 3.63) is 23.8 Å². The molecular weight excluding hydrogens is 272 g/mol. The highest BCUT2D eigenvalue weighted by atomic mass is 16.5. The Labute approximate surface area is 125 Å². The molecule has 0 aliphatic carbocycles. The van der Waals surface area contributed by atoms with E-state index in [0.717, 1.165) is 24.7 Å². The molecule has 0 spiro atoms. The second-order valence-corrected chi connectivity index (χ2v) is 4.36. The third kappa shape index (κ3) is 6.29. The first-order valence-electron chi connectivity index (χ1n) is 6.91. The lowest BCUT2D eigenvalue weighted by Gasteiger charge is -2.10. The molecule has 0 unspecified atom stereocenters. The van der Waals surface area contributed by atoms with E-state index >= 15 is 0 Å². The number of rotatable bonds is 7. The van der Waals surface area contributed by atoms with Crippen LogP contribution in [0.25, 0.3) is 0 Å². The average Bonchev–Trinajstić information content (AvgIpc) is 2.49. The maximum Gasteiger partial charge on any atom is 0.306 e. The van der Waals surface area contributed by atoms with Gasteiger partial charge in [-0.1, -0.05) is 19.9 Å². The Morgan fingerprint density at radius 1 is 1.19 bits per heavy atom. The second kappa shape index (κ2) is 10.7. The standard InChI is InChI=1S/C10H12O3.C6H12O2/c1-12-9-4-3-5-10(13-2)8(9)6-7-11;1-3-5(4-2)6(7)8/h3-5,7H,6H2,1-2H3;5H,3-4H2,1-2H3,(H,7,8). The fourth-order valence-corrected chi connectivity index (χ4v) is 1.85. The number of hydrogen-bond donors (Lipinski definition) is 1. The van der Waals surface area contributed by atoms with Crippen molar-refractivity contribution in [1.29, 1.82) is 0 Å². The third-order valence-corrected chi connectivity index (χ3v) is 3.15. The molecule has 0 aliphatic heterocycles. The van der Waals surface area contributed by atoms with Gasteiger partial charge in [-0.05, 0) is 25.0 Å². The largest absolute Gasteiger partial charge is 0.496 e. The zero-order valence-corrected chi connectivity index (χ0v) is 13.1. The van der Waals surface area contributed by atoms with Crippen LogP contribution in [0.2, 0.25) is 0 Å². The van der Waals surface area contributed by atoms with Crippen molar-refractivity contribution in [3.63, 3.8) is 0 Å². The van der Waals surface area contributed by atoms with Gasteiger partial charge in [-0.25, -0.2) is 0 Å². The molecule has 1 N–H and O–H groups in total. The van der Waals surface area contributed by atoms with Gasteiger partial charge in [0.1, 0.15) is 17.8 Å². The Morgan fingerprint density at radius 2 is 1.67 bits per heavy atom. The summed E-state index contributed by atoms with van der Waals surface area (Å²) in [6.45, 7) is 3.78. The number of carbonyl (C=O) groups excluding carboxylic acids is 1. The molecule has 5 nitrogen and oxygen atoms in total. The maximum absolute atomic E-state index is 10.4. The topological polar surface area (TPSA) is 72.8 Å². The number of hydrogen-bond acceptors (Lipinski definition) is 4. The van der Waals surface area contributed by atoms with Crippen LogP contribution in [-0.2, 0) is 16.0 Å². The lowest BCUT2D eigenvalue weighted by Crippen LogP contribution is -2.10.